The molecule has 0 saturated carbocycles. The Hall–Kier alpha value is -1.13. The first-order valence-electron chi connectivity index (χ1n) is 5.28. The molecule has 1 N–H and O–H groups in total. The van der Waals surface area contributed by atoms with E-state index in [2.05, 4.69) is 21.2 Å². The average Bonchev–Trinajstić information content (AvgIpc) is 2.77. The molecule has 17 heavy (non-hydrogen) atoms. The van der Waals surface area contributed by atoms with Crippen LogP contribution in [0.2, 0.25) is 0 Å². The maximum atomic E-state index is 11.9. The molecule has 0 saturated heterocycles. The van der Waals surface area contributed by atoms with Crippen LogP contribution < -0.4 is 5.32 Å². The highest BCUT2D eigenvalue weighted by Crippen LogP contribution is 2.22. The molecule has 1 unspecified atom stereocenters. The third-order valence-corrected chi connectivity index (χ3v) is 4.07. The number of carbonyl (C=O) groups is 1. The minimum Gasteiger partial charge on any atom is -0.345 e. The fraction of sp³-hybridized carbons (Fsp3) is 0.154. The molecule has 2 aromatic rings. The lowest BCUT2D eigenvalue weighted by molar-refractivity contribution is 0.0944. The van der Waals surface area contributed by atoms with Crippen molar-refractivity contribution in [2.24, 2.45) is 0 Å². The van der Waals surface area contributed by atoms with Gasteiger partial charge in [-0.25, -0.2) is 0 Å². The van der Waals surface area contributed by atoms with Crippen molar-refractivity contribution < 1.29 is 4.79 Å². The van der Waals surface area contributed by atoms with Crippen molar-refractivity contribution in [3.05, 3.63) is 56.7 Å². The molecular weight excluding hydrogens is 298 g/mol. The number of rotatable bonds is 3. The molecular formula is C13H12BrNOS. The molecule has 0 radical (unpaired) electrons. The van der Waals surface area contributed by atoms with Crippen LogP contribution in [-0.4, -0.2) is 5.91 Å². The van der Waals surface area contributed by atoms with Crippen LogP contribution in [0.25, 0.3) is 0 Å². The molecule has 0 aliphatic carbocycles. The maximum Gasteiger partial charge on any atom is 0.261 e. The highest BCUT2D eigenvalue weighted by Gasteiger charge is 2.12. The number of hydrogen-bond acceptors (Lipinski definition) is 2. The zero-order valence-electron chi connectivity index (χ0n) is 9.31. The first-order chi connectivity index (χ1) is 8.16. The zero-order valence-corrected chi connectivity index (χ0v) is 11.7. The van der Waals surface area contributed by atoms with Crippen LogP contribution in [0.4, 0.5) is 0 Å². The van der Waals surface area contributed by atoms with Crippen molar-refractivity contribution in [2.75, 3.05) is 0 Å². The van der Waals surface area contributed by atoms with Gasteiger partial charge in [0.25, 0.3) is 5.91 Å². The summed E-state index contributed by atoms with van der Waals surface area (Å²) in [4.78, 5) is 12.6. The molecule has 0 aliphatic heterocycles. The van der Waals surface area contributed by atoms with Crippen molar-refractivity contribution in [2.45, 2.75) is 13.0 Å². The molecule has 0 bridgehead atoms. The van der Waals surface area contributed by atoms with Crippen molar-refractivity contribution >= 4 is 33.2 Å². The number of halogens is 1. The van der Waals surface area contributed by atoms with Gasteiger partial charge in [0, 0.05) is 0 Å². The van der Waals surface area contributed by atoms with E-state index >= 15 is 0 Å². The Kier molecular flexibility index (Phi) is 3.97. The summed E-state index contributed by atoms with van der Waals surface area (Å²) in [5.74, 6) is -0.0305. The Bertz CT molecular complexity index is 509. The summed E-state index contributed by atoms with van der Waals surface area (Å²) in [6, 6.07) is 13.7. The monoisotopic (exact) mass is 309 g/mol. The average molecular weight is 310 g/mol. The van der Waals surface area contributed by atoms with Crippen molar-refractivity contribution in [3.8, 4) is 0 Å². The van der Waals surface area contributed by atoms with Crippen LogP contribution >= 0.6 is 27.3 Å². The quantitative estimate of drug-likeness (QED) is 0.912. The second-order valence-electron chi connectivity index (χ2n) is 3.71. The first-order valence-corrected chi connectivity index (χ1v) is 6.89. The topological polar surface area (TPSA) is 29.1 Å². The van der Waals surface area contributed by atoms with Gasteiger partial charge in [0.1, 0.15) is 0 Å². The summed E-state index contributed by atoms with van der Waals surface area (Å²) in [6.45, 7) is 1.98. The standard InChI is InChI=1S/C13H12BrNOS/c1-9(10-5-3-2-4-6-10)15-13(16)11-7-8-12(14)17-11/h2-9H,1H3,(H,15,16). The molecule has 0 aliphatic rings. The number of thiophene rings is 1. The normalized spacial score (nSPS) is 12.1. The minimum atomic E-state index is -0.0305. The first kappa shape index (κ1) is 12.3. The van der Waals surface area contributed by atoms with Crippen LogP contribution in [0.15, 0.2) is 46.3 Å². The van der Waals surface area contributed by atoms with Crippen LogP contribution in [0.3, 0.4) is 0 Å². The van der Waals surface area contributed by atoms with Crippen molar-refractivity contribution in [1.82, 2.24) is 5.32 Å². The number of benzene rings is 1. The zero-order chi connectivity index (χ0) is 12.3. The van der Waals surface area contributed by atoms with Gasteiger partial charge in [-0.3, -0.25) is 4.79 Å². The Morgan fingerprint density at radius 2 is 1.94 bits per heavy atom. The molecule has 1 aromatic carbocycles. The smallest absolute Gasteiger partial charge is 0.261 e. The van der Waals surface area contributed by atoms with E-state index in [0.717, 1.165) is 14.2 Å². The molecule has 88 valence electrons. The van der Waals surface area contributed by atoms with Crippen molar-refractivity contribution in [3.63, 3.8) is 0 Å². The molecule has 2 rings (SSSR count). The number of hydrogen-bond donors (Lipinski definition) is 1. The lowest BCUT2D eigenvalue weighted by atomic mass is 10.1. The predicted octanol–water partition coefficient (Wildman–Crippen LogP) is 4.00. The van der Waals surface area contributed by atoms with Gasteiger partial charge < -0.3 is 5.32 Å². The minimum absolute atomic E-state index is 0.0181. The Balaban J connectivity index is 2.04. The fourth-order valence-electron chi connectivity index (χ4n) is 1.53. The SMILES string of the molecule is CC(NC(=O)c1ccc(Br)s1)c1ccccc1. The van der Waals surface area contributed by atoms with E-state index in [1.165, 1.54) is 11.3 Å². The van der Waals surface area contributed by atoms with E-state index in [9.17, 15) is 4.79 Å². The maximum absolute atomic E-state index is 11.9. The van der Waals surface area contributed by atoms with E-state index in [1.54, 1.807) is 0 Å². The van der Waals surface area contributed by atoms with Gasteiger partial charge in [0.05, 0.1) is 14.7 Å². The fourth-order valence-corrected chi connectivity index (χ4v) is 2.82. The second-order valence-corrected chi connectivity index (χ2v) is 6.17. The Morgan fingerprint density at radius 1 is 1.24 bits per heavy atom. The summed E-state index contributed by atoms with van der Waals surface area (Å²) in [5.41, 5.74) is 1.11. The molecule has 1 heterocycles. The molecule has 1 amide bonds. The molecule has 4 heteroatoms. The van der Waals surface area contributed by atoms with Gasteiger partial charge >= 0.3 is 0 Å². The van der Waals surface area contributed by atoms with Gasteiger partial charge in [-0.2, -0.15) is 0 Å². The molecule has 1 atom stereocenters. The van der Waals surface area contributed by atoms with Gasteiger partial charge in [0.15, 0.2) is 0 Å². The number of nitrogens with one attached hydrogen (secondary N) is 1. The second kappa shape index (κ2) is 5.47. The van der Waals surface area contributed by atoms with E-state index in [-0.39, 0.29) is 11.9 Å². The van der Waals surface area contributed by atoms with E-state index in [4.69, 9.17) is 0 Å². The molecule has 0 fully saturated rings. The van der Waals surface area contributed by atoms with E-state index < -0.39 is 0 Å². The summed E-state index contributed by atoms with van der Waals surface area (Å²) < 4.78 is 0.968. The van der Waals surface area contributed by atoms with Crippen LogP contribution in [0.1, 0.15) is 28.2 Å². The van der Waals surface area contributed by atoms with Gasteiger partial charge in [-0.1, -0.05) is 30.3 Å². The summed E-state index contributed by atoms with van der Waals surface area (Å²) in [5, 5.41) is 2.98. The van der Waals surface area contributed by atoms with Gasteiger partial charge in [-0.15, -0.1) is 11.3 Å². The molecule has 0 spiro atoms. The Morgan fingerprint density at radius 3 is 2.53 bits per heavy atom. The highest BCUT2D eigenvalue weighted by molar-refractivity contribution is 9.11. The van der Waals surface area contributed by atoms with Crippen molar-refractivity contribution in [1.29, 1.82) is 0 Å². The van der Waals surface area contributed by atoms with Gasteiger partial charge in [0.2, 0.25) is 0 Å². The van der Waals surface area contributed by atoms with E-state index in [1.807, 2.05) is 49.4 Å². The molecule has 2 nitrogen and oxygen atoms in total. The number of amides is 1. The van der Waals surface area contributed by atoms with Crippen LogP contribution in [0.5, 0.6) is 0 Å². The molecule has 1 aromatic heterocycles. The third kappa shape index (κ3) is 3.17. The Labute approximate surface area is 113 Å². The van der Waals surface area contributed by atoms with E-state index in [0.29, 0.717) is 0 Å². The summed E-state index contributed by atoms with van der Waals surface area (Å²) in [6.07, 6.45) is 0. The largest absolute Gasteiger partial charge is 0.345 e. The number of carbonyl (C=O) groups excluding carboxylic acids is 1. The van der Waals surface area contributed by atoms with Crippen LogP contribution in [-0.2, 0) is 0 Å². The van der Waals surface area contributed by atoms with Gasteiger partial charge in [-0.05, 0) is 40.5 Å². The highest BCUT2D eigenvalue weighted by atomic mass is 79.9. The lowest BCUT2D eigenvalue weighted by Gasteiger charge is -2.13. The predicted molar refractivity (Wildman–Crippen MR) is 74.3 cm³/mol. The third-order valence-electron chi connectivity index (χ3n) is 2.44. The van der Waals surface area contributed by atoms with Crippen LogP contribution in [0, 0.1) is 0 Å². The lowest BCUT2D eigenvalue weighted by Crippen LogP contribution is -2.25. The summed E-state index contributed by atoms with van der Waals surface area (Å²) in [7, 11) is 0. The summed E-state index contributed by atoms with van der Waals surface area (Å²) >= 11 is 4.79.